The van der Waals surface area contributed by atoms with Crippen LogP contribution in [0.2, 0.25) is 0 Å². The summed E-state index contributed by atoms with van der Waals surface area (Å²) >= 11 is 5.15. The quantitative estimate of drug-likeness (QED) is 0.824. The fraction of sp³-hybridized carbons (Fsp3) is 0.200. The molecule has 0 amide bonds. The highest BCUT2D eigenvalue weighted by Crippen LogP contribution is 2.22. The Kier molecular flexibility index (Phi) is 5.43. The van der Waals surface area contributed by atoms with Crippen LogP contribution in [0.1, 0.15) is 5.56 Å². The van der Waals surface area contributed by atoms with Crippen molar-refractivity contribution < 1.29 is 4.39 Å². The molecule has 0 aliphatic carbocycles. The van der Waals surface area contributed by atoms with Crippen LogP contribution in [-0.4, -0.2) is 11.8 Å². The number of halogens is 2. The average molecular weight is 340 g/mol. The zero-order valence-corrected chi connectivity index (χ0v) is 12.8. The summed E-state index contributed by atoms with van der Waals surface area (Å²) in [5.41, 5.74) is 7.03. The number of hydrogen-bond donors (Lipinski definition) is 1. The molecule has 0 spiro atoms. The highest BCUT2D eigenvalue weighted by atomic mass is 79.9. The molecule has 100 valence electrons. The van der Waals surface area contributed by atoms with E-state index >= 15 is 0 Å². The van der Waals surface area contributed by atoms with E-state index in [2.05, 4.69) is 28.1 Å². The smallest absolute Gasteiger partial charge is 0.123 e. The topological polar surface area (TPSA) is 26.0 Å². The minimum absolute atomic E-state index is 0.00306. The number of thioether (sulfide) groups is 1. The Morgan fingerprint density at radius 3 is 2.63 bits per heavy atom. The van der Waals surface area contributed by atoms with Crippen LogP contribution in [0.15, 0.2) is 57.9 Å². The first-order valence-corrected chi connectivity index (χ1v) is 7.80. The Morgan fingerprint density at radius 2 is 1.89 bits per heavy atom. The zero-order valence-electron chi connectivity index (χ0n) is 10.4. The third kappa shape index (κ3) is 4.64. The second-order valence-electron chi connectivity index (χ2n) is 4.32. The van der Waals surface area contributed by atoms with Gasteiger partial charge in [-0.1, -0.05) is 34.1 Å². The fourth-order valence-corrected chi connectivity index (χ4v) is 3.04. The zero-order chi connectivity index (χ0) is 13.7. The lowest BCUT2D eigenvalue weighted by atomic mass is 10.1. The van der Waals surface area contributed by atoms with Crippen molar-refractivity contribution in [2.45, 2.75) is 17.4 Å². The SMILES string of the molecule is NC(CSc1ccccc1)Cc1cc(F)ccc1Br. The van der Waals surface area contributed by atoms with Crippen LogP contribution in [0.25, 0.3) is 0 Å². The van der Waals surface area contributed by atoms with E-state index in [4.69, 9.17) is 5.73 Å². The number of benzene rings is 2. The van der Waals surface area contributed by atoms with Crippen molar-refractivity contribution in [1.29, 1.82) is 0 Å². The fourth-order valence-electron chi connectivity index (χ4n) is 1.76. The van der Waals surface area contributed by atoms with Gasteiger partial charge in [-0.2, -0.15) is 0 Å². The molecule has 2 aromatic rings. The molecular weight excluding hydrogens is 325 g/mol. The molecule has 0 saturated carbocycles. The molecule has 2 aromatic carbocycles. The standard InChI is InChI=1S/C15H15BrFNS/c16-15-7-6-12(17)8-11(15)9-13(18)10-19-14-4-2-1-3-5-14/h1-8,13H,9-10,18H2. The van der Waals surface area contributed by atoms with E-state index < -0.39 is 0 Å². The van der Waals surface area contributed by atoms with Gasteiger partial charge in [0.25, 0.3) is 0 Å². The molecule has 0 heterocycles. The van der Waals surface area contributed by atoms with E-state index in [-0.39, 0.29) is 11.9 Å². The Bertz CT molecular complexity index is 533. The summed E-state index contributed by atoms with van der Waals surface area (Å²) in [7, 11) is 0. The lowest BCUT2D eigenvalue weighted by Crippen LogP contribution is -2.25. The predicted molar refractivity (Wildman–Crippen MR) is 82.9 cm³/mol. The van der Waals surface area contributed by atoms with Crippen molar-refractivity contribution in [3.63, 3.8) is 0 Å². The summed E-state index contributed by atoms with van der Waals surface area (Å²) in [4.78, 5) is 1.20. The van der Waals surface area contributed by atoms with E-state index in [1.54, 1.807) is 17.8 Å². The molecule has 0 bridgehead atoms. The van der Waals surface area contributed by atoms with Crippen LogP contribution >= 0.6 is 27.7 Å². The van der Waals surface area contributed by atoms with E-state index in [0.717, 1.165) is 15.8 Å². The van der Waals surface area contributed by atoms with Crippen molar-refractivity contribution in [3.05, 3.63) is 64.4 Å². The molecule has 0 aliphatic rings. The van der Waals surface area contributed by atoms with Gasteiger partial charge in [-0.25, -0.2) is 4.39 Å². The average Bonchev–Trinajstić information content (AvgIpc) is 2.42. The molecule has 2 N–H and O–H groups in total. The first kappa shape index (κ1) is 14.6. The maximum atomic E-state index is 13.2. The Balaban J connectivity index is 1.90. The van der Waals surface area contributed by atoms with Gasteiger partial charge in [-0.15, -0.1) is 11.8 Å². The highest BCUT2D eigenvalue weighted by molar-refractivity contribution is 9.10. The molecule has 0 fully saturated rings. The largest absolute Gasteiger partial charge is 0.327 e. The summed E-state index contributed by atoms with van der Waals surface area (Å²) < 4.78 is 14.1. The minimum Gasteiger partial charge on any atom is -0.327 e. The number of rotatable bonds is 5. The Labute approximate surface area is 125 Å². The van der Waals surface area contributed by atoms with Gasteiger partial charge < -0.3 is 5.73 Å². The van der Waals surface area contributed by atoms with E-state index in [0.29, 0.717) is 6.42 Å². The predicted octanol–water partition coefficient (Wildman–Crippen LogP) is 4.25. The van der Waals surface area contributed by atoms with Gasteiger partial charge in [0.05, 0.1) is 0 Å². The van der Waals surface area contributed by atoms with Crippen LogP contribution in [0.4, 0.5) is 4.39 Å². The molecule has 0 aliphatic heterocycles. The Morgan fingerprint density at radius 1 is 1.16 bits per heavy atom. The molecule has 4 heteroatoms. The first-order chi connectivity index (χ1) is 9.15. The van der Waals surface area contributed by atoms with Crippen molar-refractivity contribution in [1.82, 2.24) is 0 Å². The molecule has 0 radical (unpaired) electrons. The van der Waals surface area contributed by atoms with Crippen LogP contribution in [-0.2, 0) is 6.42 Å². The second-order valence-corrected chi connectivity index (χ2v) is 6.27. The molecule has 1 unspecified atom stereocenters. The van der Waals surface area contributed by atoms with Gasteiger partial charge in [0.1, 0.15) is 5.82 Å². The molecule has 2 rings (SSSR count). The molecule has 1 nitrogen and oxygen atoms in total. The third-order valence-corrected chi connectivity index (χ3v) is 4.67. The molecule has 1 atom stereocenters. The van der Waals surface area contributed by atoms with Crippen LogP contribution in [0.5, 0.6) is 0 Å². The van der Waals surface area contributed by atoms with Crippen molar-refractivity contribution >= 4 is 27.7 Å². The number of hydrogen-bond acceptors (Lipinski definition) is 2. The number of nitrogens with two attached hydrogens (primary N) is 1. The van der Waals surface area contributed by atoms with Crippen molar-refractivity contribution in [3.8, 4) is 0 Å². The van der Waals surface area contributed by atoms with Crippen molar-refractivity contribution in [2.24, 2.45) is 5.73 Å². The second kappa shape index (κ2) is 7.08. The van der Waals surface area contributed by atoms with Gasteiger partial charge in [0.2, 0.25) is 0 Å². The van der Waals surface area contributed by atoms with Gasteiger partial charge >= 0.3 is 0 Å². The lowest BCUT2D eigenvalue weighted by molar-refractivity contribution is 0.622. The summed E-state index contributed by atoms with van der Waals surface area (Å²) in [6.07, 6.45) is 0.665. The van der Waals surface area contributed by atoms with Crippen LogP contribution in [0.3, 0.4) is 0 Å². The molecule has 0 aromatic heterocycles. The van der Waals surface area contributed by atoms with Gasteiger partial charge in [-0.05, 0) is 42.3 Å². The minimum atomic E-state index is -0.221. The third-order valence-electron chi connectivity index (χ3n) is 2.70. The maximum Gasteiger partial charge on any atom is 0.123 e. The first-order valence-electron chi connectivity index (χ1n) is 6.02. The van der Waals surface area contributed by atoms with Gasteiger partial charge in [0, 0.05) is 21.2 Å². The summed E-state index contributed by atoms with van der Waals surface area (Å²) in [6, 6.07) is 14.9. The van der Waals surface area contributed by atoms with E-state index in [1.165, 1.54) is 17.0 Å². The maximum absolute atomic E-state index is 13.2. The molecular formula is C15H15BrFNS. The molecule has 19 heavy (non-hydrogen) atoms. The van der Waals surface area contributed by atoms with E-state index in [9.17, 15) is 4.39 Å². The Hall–Kier alpha value is -0.840. The normalized spacial score (nSPS) is 12.4. The van der Waals surface area contributed by atoms with Crippen LogP contribution in [0, 0.1) is 5.82 Å². The lowest BCUT2D eigenvalue weighted by Gasteiger charge is -2.12. The van der Waals surface area contributed by atoms with E-state index in [1.807, 2.05) is 18.2 Å². The summed E-state index contributed by atoms with van der Waals surface area (Å²) in [5, 5.41) is 0. The van der Waals surface area contributed by atoms with Gasteiger partial charge in [0.15, 0.2) is 0 Å². The van der Waals surface area contributed by atoms with Gasteiger partial charge in [-0.3, -0.25) is 0 Å². The van der Waals surface area contributed by atoms with Crippen molar-refractivity contribution in [2.75, 3.05) is 5.75 Å². The highest BCUT2D eigenvalue weighted by Gasteiger charge is 2.09. The summed E-state index contributed by atoms with van der Waals surface area (Å²) in [5.74, 6) is 0.591. The monoisotopic (exact) mass is 339 g/mol. The van der Waals surface area contributed by atoms with Crippen LogP contribution < -0.4 is 5.73 Å². The molecule has 0 saturated heterocycles. The summed E-state index contributed by atoms with van der Waals surface area (Å²) in [6.45, 7) is 0.